The largest absolute Gasteiger partial charge is 0.487 e. The van der Waals surface area contributed by atoms with Crippen LogP contribution >= 0.6 is 0 Å². The molecule has 0 amide bonds. The molecule has 0 bridgehead atoms. The average Bonchev–Trinajstić information content (AvgIpc) is 2.41. The first-order valence-electron chi connectivity index (χ1n) is 5.77. The van der Waals surface area contributed by atoms with Gasteiger partial charge in [-0.15, -0.1) is 0 Å². The number of nitriles is 1. The van der Waals surface area contributed by atoms with Gasteiger partial charge in [-0.25, -0.2) is 4.39 Å². The lowest BCUT2D eigenvalue weighted by Gasteiger charge is -2.10. The summed E-state index contributed by atoms with van der Waals surface area (Å²) < 4.78 is 18.8. The van der Waals surface area contributed by atoms with Crippen LogP contribution in [0, 0.1) is 24.1 Å². The van der Waals surface area contributed by atoms with Crippen LogP contribution in [0.5, 0.6) is 5.75 Å². The van der Waals surface area contributed by atoms with Gasteiger partial charge in [-0.05, 0) is 42.3 Å². The van der Waals surface area contributed by atoms with E-state index in [-0.39, 0.29) is 12.2 Å². The van der Waals surface area contributed by atoms with E-state index >= 15 is 0 Å². The molecule has 2 N–H and O–H groups in total. The van der Waals surface area contributed by atoms with Crippen LogP contribution < -0.4 is 10.5 Å². The zero-order valence-corrected chi connectivity index (χ0v) is 10.5. The van der Waals surface area contributed by atoms with E-state index in [0.29, 0.717) is 11.4 Å². The van der Waals surface area contributed by atoms with Gasteiger partial charge in [-0.1, -0.05) is 12.1 Å². The Morgan fingerprint density at radius 3 is 2.79 bits per heavy atom. The summed E-state index contributed by atoms with van der Waals surface area (Å²) in [5, 5.41) is 8.76. The molecule has 19 heavy (non-hydrogen) atoms. The lowest BCUT2D eigenvalue weighted by atomic mass is 10.1. The highest BCUT2D eigenvalue weighted by Gasteiger charge is 2.05. The molecule has 96 valence electrons. The summed E-state index contributed by atoms with van der Waals surface area (Å²) in [6.07, 6.45) is 0. The quantitative estimate of drug-likeness (QED) is 0.858. The second-order valence-electron chi connectivity index (χ2n) is 4.26. The van der Waals surface area contributed by atoms with Crippen molar-refractivity contribution in [1.29, 1.82) is 5.26 Å². The van der Waals surface area contributed by atoms with Crippen LogP contribution in [0.15, 0.2) is 36.4 Å². The highest BCUT2D eigenvalue weighted by Crippen LogP contribution is 2.23. The van der Waals surface area contributed by atoms with Crippen molar-refractivity contribution < 1.29 is 9.13 Å². The molecule has 0 aromatic heterocycles. The van der Waals surface area contributed by atoms with Crippen LogP contribution in [0.4, 0.5) is 10.1 Å². The minimum Gasteiger partial charge on any atom is -0.487 e. The van der Waals surface area contributed by atoms with Crippen LogP contribution in [0.1, 0.15) is 16.7 Å². The minimum absolute atomic E-state index is 0.0123. The van der Waals surface area contributed by atoms with E-state index in [1.54, 1.807) is 18.2 Å². The van der Waals surface area contributed by atoms with E-state index in [9.17, 15) is 4.39 Å². The molecule has 4 heteroatoms. The van der Waals surface area contributed by atoms with E-state index in [1.165, 1.54) is 12.1 Å². The molecule has 0 radical (unpaired) electrons. The Labute approximate surface area is 111 Å². The van der Waals surface area contributed by atoms with Gasteiger partial charge in [0.15, 0.2) is 0 Å². The number of nitrogens with two attached hydrogens (primary N) is 1. The first-order chi connectivity index (χ1) is 9.10. The topological polar surface area (TPSA) is 59.0 Å². The third-order valence-electron chi connectivity index (χ3n) is 2.71. The predicted molar refractivity (Wildman–Crippen MR) is 71.0 cm³/mol. The SMILES string of the molecule is Cc1ccc(N)c(OCc2ccc(F)c(C#N)c2)c1. The van der Waals surface area contributed by atoms with Crippen LogP contribution in [-0.2, 0) is 6.61 Å². The Bertz CT molecular complexity index is 647. The average molecular weight is 256 g/mol. The van der Waals surface area contributed by atoms with Crippen molar-refractivity contribution in [3.8, 4) is 11.8 Å². The molecular formula is C15H13FN2O. The van der Waals surface area contributed by atoms with Gasteiger partial charge in [0, 0.05) is 0 Å². The highest BCUT2D eigenvalue weighted by atomic mass is 19.1. The van der Waals surface area contributed by atoms with Gasteiger partial charge in [-0.3, -0.25) is 0 Å². The standard InChI is InChI=1S/C15H13FN2O/c1-10-2-5-14(18)15(6-10)19-9-11-3-4-13(16)12(7-11)8-17/h2-7H,9,18H2,1H3. The number of ether oxygens (including phenoxy) is 1. The van der Waals surface area contributed by atoms with E-state index in [0.717, 1.165) is 11.1 Å². The molecule has 0 fully saturated rings. The maximum atomic E-state index is 13.2. The number of benzene rings is 2. The summed E-state index contributed by atoms with van der Waals surface area (Å²) >= 11 is 0. The monoisotopic (exact) mass is 256 g/mol. The van der Waals surface area contributed by atoms with E-state index in [1.807, 2.05) is 19.1 Å². The van der Waals surface area contributed by atoms with Crippen molar-refractivity contribution in [1.82, 2.24) is 0 Å². The zero-order valence-electron chi connectivity index (χ0n) is 10.5. The Morgan fingerprint density at radius 1 is 1.26 bits per heavy atom. The van der Waals surface area contributed by atoms with Crippen molar-refractivity contribution in [2.45, 2.75) is 13.5 Å². The number of hydrogen-bond acceptors (Lipinski definition) is 3. The molecule has 0 unspecified atom stereocenters. The second-order valence-corrected chi connectivity index (χ2v) is 4.26. The fourth-order valence-electron chi connectivity index (χ4n) is 1.68. The van der Waals surface area contributed by atoms with Gasteiger partial charge < -0.3 is 10.5 Å². The molecule has 0 aliphatic rings. The molecule has 0 saturated carbocycles. The van der Waals surface area contributed by atoms with Crippen molar-refractivity contribution in [2.24, 2.45) is 0 Å². The molecule has 0 saturated heterocycles. The van der Waals surface area contributed by atoms with Gasteiger partial charge in [-0.2, -0.15) is 5.26 Å². The Hall–Kier alpha value is -2.54. The number of nitrogen functional groups attached to an aromatic ring is 1. The van der Waals surface area contributed by atoms with Crippen LogP contribution in [0.3, 0.4) is 0 Å². The highest BCUT2D eigenvalue weighted by molar-refractivity contribution is 5.53. The lowest BCUT2D eigenvalue weighted by Crippen LogP contribution is -2.00. The number of halogens is 1. The van der Waals surface area contributed by atoms with Crippen LogP contribution in [-0.4, -0.2) is 0 Å². The van der Waals surface area contributed by atoms with Gasteiger partial charge in [0.05, 0.1) is 11.3 Å². The Morgan fingerprint density at radius 2 is 2.05 bits per heavy atom. The minimum atomic E-state index is -0.527. The molecule has 0 aliphatic heterocycles. The molecule has 0 aliphatic carbocycles. The lowest BCUT2D eigenvalue weighted by molar-refractivity contribution is 0.307. The van der Waals surface area contributed by atoms with Crippen molar-refractivity contribution >= 4 is 5.69 Å². The zero-order chi connectivity index (χ0) is 13.8. The van der Waals surface area contributed by atoms with Crippen LogP contribution in [0.25, 0.3) is 0 Å². The van der Waals surface area contributed by atoms with Gasteiger partial charge >= 0.3 is 0 Å². The fraction of sp³-hybridized carbons (Fsp3) is 0.133. The number of aryl methyl sites for hydroxylation is 1. The molecule has 3 nitrogen and oxygen atoms in total. The van der Waals surface area contributed by atoms with Gasteiger partial charge in [0.2, 0.25) is 0 Å². The number of nitrogens with zero attached hydrogens (tertiary/aromatic N) is 1. The number of hydrogen-bond donors (Lipinski definition) is 1. The summed E-state index contributed by atoms with van der Waals surface area (Å²) in [5.74, 6) is 0.0594. The maximum Gasteiger partial charge on any atom is 0.142 e. The summed E-state index contributed by atoms with van der Waals surface area (Å²) in [6.45, 7) is 2.18. The summed E-state index contributed by atoms with van der Waals surface area (Å²) in [7, 11) is 0. The predicted octanol–water partition coefficient (Wildman–Crippen LogP) is 3.17. The molecule has 2 rings (SSSR count). The van der Waals surface area contributed by atoms with Crippen molar-refractivity contribution in [3.05, 3.63) is 58.9 Å². The summed E-state index contributed by atoms with van der Waals surface area (Å²) in [6, 6.07) is 11.6. The third kappa shape index (κ3) is 3.02. The van der Waals surface area contributed by atoms with Crippen LogP contribution in [0.2, 0.25) is 0 Å². The maximum absolute atomic E-state index is 13.2. The summed E-state index contributed by atoms with van der Waals surface area (Å²) in [5.41, 5.74) is 8.12. The third-order valence-corrected chi connectivity index (χ3v) is 2.71. The molecule has 2 aromatic carbocycles. The number of rotatable bonds is 3. The van der Waals surface area contributed by atoms with E-state index in [4.69, 9.17) is 15.7 Å². The fourth-order valence-corrected chi connectivity index (χ4v) is 1.68. The Kier molecular flexibility index (Phi) is 3.67. The Balaban J connectivity index is 2.15. The molecule has 0 atom stereocenters. The number of anilines is 1. The smallest absolute Gasteiger partial charge is 0.142 e. The molecule has 2 aromatic rings. The van der Waals surface area contributed by atoms with Gasteiger partial charge in [0.1, 0.15) is 24.2 Å². The molecule has 0 spiro atoms. The van der Waals surface area contributed by atoms with Crippen molar-refractivity contribution in [2.75, 3.05) is 5.73 Å². The summed E-state index contributed by atoms with van der Waals surface area (Å²) in [4.78, 5) is 0. The normalized spacial score (nSPS) is 9.95. The first-order valence-corrected chi connectivity index (χ1v) is 5.77. The molecule has 0 heterocycles. The first kappa shape index (κ1) is 12.9. The second kappa shape index (κ2) is 5.40. The van der Waals surface area contributed by atoms with E-state index < -0.39 is 5.82 Å². The van der Waals surface area contributed by atoms with E-state index in [2.05, 4.69) is 0 Å². The van der Waals surface area contributed by atoms with Gasteiger partial charge in [0.25, 0.3) is 0 Å². The molecular weight excluding hydrogens is 243 g/mol. The van der Waals surface area contributed by atoms with Crippen molar-refractivity contribution in [3.63, 3.8) is 0 Å².